The summed E-state index contributed by atoms with van der Waals surface area (Å²) >= 11 is 12.7. The van der Waals surface area contributed by atoms with E-state index in [1.54, 1.807) is 0 Å². The van der Waals surface area contributed by atoms with Crippen molar-refractivity contribution in [3.8, 4) is 0 Å². The zero-order chi connectivity index (χ0) is 18.4. The molecular formula is C22H18Cl2N2. The molecule has 0 fully saturated rings. The molecule has 0 saturated heterocycles. The summed E-state index contributed by atoms with van der Waals surface area (Å²) in [6.45, 7) is 2.00. The van der Waals surface area contributed by atoms with Crippen LogP contribution in [-0.4, -0.2) is 10.3 Å². The van der Waals surface area contributed by atoms with Crippen molar-refractivity contribution in [3.63, 3.8) is 0 Å². The van der Waals surface area contributed by atoms with E-state index < -0.39 is 0 Å². The summed E-state index contributed by atoms with van der Waals surface area (Å²) in [4.78, 5) is 0. The molecule has 0 aliphatic carbocycles. The lowest BCUT2D eigenvalue weighted by molar-refractivity contribution is 1.18. The highest BCUT2D eigenvalue weighted by Gasteiger charge is 2.08. The quantitative estimate of drug-likeness (QED) is 0.373. The SMILES string of the molecule is Cc1cccc(/C(Cl)=N/N=C(\Cl)c2ccccc2Cc2ccccc2)c1. The van der Waals surface area contributed by atoms with Gasteiger partial charge in [-0.3, -0.25) is 0 Å². The Bertz CT molecular complexity index is 947. The van der Waals surface area contributed by atoms with Gasteiger partial charge in [-0.2, -0.15) is 0 Å². The standard InChI is InChI=1S/C22H18Cl2N2/c1-16-8-7-12-19(14-16)21(23)25-26-22(24)20-13-6-5-11-18(20)15-17-9-3-2-4-10-17/h2-14H,15H2,1H3/b25-21-,26-22-. The Kier molecular flexibility index (Phi) is 6.21. The topological polar surface area (TPSA) is 24.7 Å². The van der Waals surface area contributed by atoms with Crippen LogP contribution in [0.25, 0.3) is 0 Å². The molecule has 0 spiro atoms. The van der Waals surface area contributed by atoms with Crippen molar-refractivity contribution in [1.82, 2.24) is 0 Å². The van der Waals surface area contributed by atoms with Crippen LogP contribution in [0.2, 0.25) is 0 Å². The number of benzene rings is 3. The summed E-state index contributed by atoms with van der Waals surface area (Å²) in [5, 5.41) is 8.87. The molecule has 0 saturated carbocycles. The van der Waals surface area contributed by atoms with Crippen molar-refractivity contribution in [2.24, 2.45) is 10.2 Å². The van der Waals surface area contributed by atoms with E-state index in [0.717, 1.165) is 28.7 Å². The average molecular weight is 381 g/mol. The van der Waals surface area contributed by atoms with E-state index >= 15 is 0 Å². The Morgan fingerprint density at radius 2 is 1.46 bits per heavy atom. The van der Waals surface area contributed by atoms with Gasteiger partial charge in [-0.15, -0.1) is 10.2 Å². The van der Waals surface area contributed by atoms with Crippen LogP contribution in [0.3, 0.4) is 0 Å². The summed E-state index contributed by atoms with van der Waals surface area (Å²) in [5.41, 5.74) is 5.09. The molecule has 0 atom stereocenters. The number of rotatable bonds is 5. The molecule has 0 amide bonds. The number of aryl methyl sites for hydroxylation is 1. The fourth-order valence-electron chi connectivity index (χ4n) is 2.66. The molecule has 3 aromatic carbocycles. The number of nitrogens with zero attached hydrogens (tertiary/aromatic N) is 2. The molecule has 0 heterocycles. The second kappa shape index (κ2) is 8.79. The Balaban J connectivity index is 1.86. The number of hydrogen-bond donors (Lipinski definition) is 0. The molecule has 3 aromatic rings. The molecule has 0 aromatic heterocycles. The molecular weight excluding hydrogens is 363 g/mol. The summed E-state index contributed by atoms with van der Waals surface area (Å²) in [7, 11) is 0. The van der Waals surface area contributed by atoms with Crippen LogP contribution in [0.1, 0.15) is 27.8 Å². The predicted octanol–water partition coefficient (Wildman–Crippen LogP) is 6.17. The zero-order valence-electron chi connectivity index (χ0n) is 14.4. The van der Waals surface area contributed by atoms with Gasteiger partial charge >= 0.3 is 0 Å². The fourth-order valence-corrected chi connectivity index (χ4v) is 3.04. The van der Waals surface area contributed by atoms with Crippen LogP contribution >= 0.6 is 23.2 Å². The van der Waals surface area contributed by atoms with E-state index in [9.17, 15) is 0 Å². The molecule has 130 valence electrons. The van der Waals surface area contributed by atoms with Gasteiger partial charge in [0.1, 0.15) is 0 Å². The highest BCUT2D eigenvalue weighted by Crippen LogP contribution is 2.18. The summed E-state index contributed by atoms with van der Waals surface area (Å²) in [6.07, 6.45) is 0.776. The molecule has 0 aliphatic rings. The summed E-state index contributed by atoms with van der Waals surface area (Å²) in [6, 6.07) is 26.0. The highest BCUT2D eigenvalue weighted by molar-refractivity contribution is 6.71. The molecule has 0 bridgehead atoms. The van der Waals surface area contributed by atoms with Crippen molar-refractivity contribution in [2.75, 3.05) is 0 Å². The number of halogens is 2. The van der Waals surface area contributed by atoms with E-state index in [0.29, 0.717) is 10.3 Å². The lowest BCUT2D eigenvalue weighted by atomic mass is 10.0. The Hall–Kier alpha value is -2.42. The third kappa shape index (κ3) is 4.81. The second-order valence-corrected chi connectivity index (χ2v) is 6.69. The van der Waals surface area contributed by atoms with Crippen molar-refractivity contribution in [3.05, 3.63) is 107 Å². The minimum atomic E-state index is 0.312. The maximum absolute atomic E-state index is 6.42. The Morgan fingerprint density at radius 1 is 0.769 bits per heavy atom. The predicted molar refractivity (Wildman–Crippen MR) is 112 cm³/mol. The van der Waals surface area contributed by atoms with Gasteiger partial charge < -0.3 is 0 Å². The lowest BCUT2D eigenvalue weighted by Gasteiger charge is -2.07. The minimum Gasteiger partial charge on any atom is -0.136 e. The molecule has 3 rings (SSSR count). The zero-order valence-corrected chi connectivity index (χ0v) is 15.9. The average Bonchev–Trinajstić information content (AvgIpc) is 2.67. The maximum atomic E-state index is 6.42. The monoisotopic (exact) mass is 380 g/mol. The van der Waals surface area contributed by atoms with Gasteiger partial charge in [0.15, 0.2) is 10.3 Å². The molecule has 4 heteroatoms. The lowest BCUT2D eigenvalue weighted by Crippen LogP contribution is -2.00. The van der Waals surface area contributed by atoms with Crippen molar-refractivity contribution < 1.29 is 0 Å². The highest BCUT2D eigenvalue weighted by atomic mass is 35.5. The maximum Gasteiger partial charge on any atom is 0.159 e. The van der Waals surface area contributed by atoms with Crippen LogP contribution in [0.4, 0.5) is 0 Å². The van der Waals surface area contributed by atoms with E-state index in [4.69, 9.17) is 23.2 Å². The van der Waals surface area contributed by atoms with Crippen LogP contribution < -0.4 is 0 Å². The molecule has 0 unspecified atom stereocenters. The van der Waals surface area contributed by atoms with Gasteiger partial charge in [0.2, 0.25) is 0 Å². The first kappa shape index (κ1) is 18.4. The Morgan fingerprint density at radius 3 is 2.23 bits per heavy atom. The smallest absolute Gasteiger partial charge is 0.136 e. The Labute approximate surface area is 163 Å². The third-order valence-corrected chi connectivity index (χ3v) is 4.53. The van der Waals surface area contributed by atoms with Crippen LogP contribution in [0.5, 0.6) is 0 Å². The van der Waals surface area contributed by atoms with Gasteiger partial charge in [0, 0.05) is 11.1 Å². The first-order chi connectivity index (χ1) is 12.6. The van der Waals surface area contributed by atoms with E-state index in [1.165, 1.54) is 5.56 Å². The minimum absolute atomic E-state index is 0.312. The molecule has 0 aliphatic heterocycles. The second-order valence-electron chi connectivity index (χ2n) is 5.97. The van der Waals surface area contributed by atoms with Crippen LogP contribution in [0.15, 0.2) is 89.1 Å². The van der Waals surface area contributed by atoms with E-state index in [-0.39, 0.29) is 0 Å². The van der Waals surface area contributed by atoms with Gasteiger partial charge in [-0.05, 0) is 30.5 Å². The largest absolute Gasteiger partial charge is 0.159 e. The third-order valence-electron chi connectivity index (χ3n) is 3.96. The fraction of sp³-hybridized carbons (Fsp3) is 0.0909. The normalized spacial score (nSPS) is 12.3. The van der Waals surface area contributed by atoms with Gasteiger partial charge in [-0.1, -0.05) is 102 Å². The summed E-state index contributed by atoms with van der Waals surface area (Å²) in [5.74, 6) is 0. The van der Waals surface area contributed by atoms with Crippen LogP contribution in [0, 0.1) is 6.92 Å². The van der Waals surface area contributed by atoms with Crippen molar-refractivity contribution in [1.29, 1.82) is 0 Å². The molecule has 2 nitrogen and oxygen atoms in total. The molecule has 0 radical (unpaired) electrons. The molecule has 26 heavy (non-hydrogen) atoms. The summed E-state index contributed by atoms with van der Waals surface area (Å²) < 4.78 is 0. The van der Waals surface area contributed by atoms with Gasteiger partial charge in [-0.25, -0.2) is 0 Å². The van der Waals surface area contributed by atoms with Crippen molar-refractivity contribution in [2.45, 2.75) is 13.3 Å². The van der Waals surface area contributed by atoms with Crippen LogP contribution in [-0.2, 0) is 6.42 Å². The van der Waals surface area contributed by atoms with Gasteiger partial charge in [0.25, 0.3) is 0 Å². The van der Waals surface area contributed by atoms with Crippen molar-refractivity contribution >= 4 is 33.5 Å². The first-order valence-electron chi connectivity index (χ1n) is 8.29. The molecule has 0 N–H and O–H groups in total. The first-order valence-corrected chi connectivity index (χ1v) is 9.05. The van der Waals surface area contributed by atoms with E-state index in [1.807, 2.05) is 73.7 Å². The number of hydrogen-bond acceptors (Lipinski definition) is 2. The van der Waals surface area contributed by atoms with Gasteiger partial charge in [0.05, 0.1) is 0 Å². The van der Waals surface area contributed by atoms with E-state index in [2.05, 4.69) is 22.3 Å².